The molecule has 7 rings (SSSR count). The summed E-state index contributed by atoms with van der Waals surface area (Å²) in [5.41, 5.74) is 0.796. The Bertz CT molecular complexity index is 1880. The molecule has 0 bridgehead atoms. The van der Waals surface area contributed by atoms with E-state index in [4.69, 9.17) is 14.5 Å². The third-order valence-electron chi connectivity index (χ3n) is 8.67. The molecule has 1 amide bonds. The molecule has 0 radical (unpaired) electrons. The molecule has 10 nitrogen and oxygen atoms in total. The minimum Gasteiger partial charge on any atom is -0.444 e. The van der Waals surface area contributed by atoms with E-state index in [2.05, 4.69) is 31.2 Å². The normalized spacial score (nSPS) is 18.8. The number of fused-ring (bicyclic) bond motifs is 4. The van der Waals surface area contributed by atoms with Crippen molar-refractivity contribution in [1.82, 2.24) is 19.9 Å². The zero-order valence-corrected chi connectivity index (χ0v) is 26.2. The number of carbonyl (C=O) groups is 1. The van der Waals surface area contributed by atoms with Gasteiger partial charge in [-0.15, -0.1) is 11.3 Å². The number of aromatic nitrogens is 3. The van der Waals surface area contributed by atoms with Crippen LogP contribution in [0.15, 0.2) is 12.4 Å². The van der Waals surface area contributed by atoms with Crippen molar-refractivity contribution in [1.29, 1.82) is 5.26 Å². The van der Waals surface area contributed by atoms with Gasteiger partial charge in [-0.1, -0.05) is 6.42 Å². The van der Waals surface area contributed by atoms with E-state index in [1.54, 1.807) is 27.0 Å². The molecular weight excluding hydrogens is 600 g/mol. The number of carbonyl (C=O) groups excluding carboxylic acids is 1. The van der Waals surface area contributed by atoms with Gasteiger partial charge in [-0.25, -0.2) is 23.5 Å². The first-order valence-corrected chi connectivity index (χ1v) is 16.0. The minimum atomic E-state index is -0.791. The predicted molar refractivity (Wildman–Crippen MR) is 167 cm³/mol. The Hall–Kier alpha value is -3.99. The summed E-state index contributed by atoms with van der Waals surface area (Å²) >= 11 is 0.873. The van der Waals surface area contributed by atoms with Crippen LogP contribution in [0.2, 0.25) is 0 Å². The molecule has 234 valence electrons. The van der Waals surface area contributed by atoms with Crippen LogP contribution < -0.4 is 10.2 Å². The Morgan fingerprint density at radius 1 is 1.13 bits per heavy atom. The van der Waals surface area contributed by atoms with E-state index in [-0.39, 0.29) is 50.6 Å². The lowest BCUT2D eigenvalue weighted by Crippen LogP contribution is -2.41. The minimum absolute atomic E-state index is 0.0285. The van der Waals surface area contributed by atoms with Crippen molar-refractivity contribution >= 4 is 49.4 Å². The quantitative estimate of drug-likeness (QED) is 0.269. The van der Waals surface area contributed by atoms with E-state index in [1.807, 2.05) is 0 Å². The van der Waals surface area contributed by atoms with Crippen molar-refractivity contribution in [3.8, 4) is 17.3 Å². The number of benzene rings is 1. The number of anilines is 2. The number of rotatable bonds is 4. The van der Waals surface area contributed by atoms with Gasteiger partial charge in [-0.3, -0.25) is 15.2 Å². The molecular formula is C32H33F2N7O3S. The molecule has 0 spiro atoms. The van der Waals surface area contributed by atoms with Crippen LogP contribution in [0.3, 0.4) is 0 Å². The summed E-state index contributed by atoms with van der Waals surface area (Å²) in [5.74, 6) is -0.870. The van der Waals surface area contributed by atoms with Gasteiger partial charge >= 0.3 is 6.09 Å². The van der Waals surface area contributed by atoms with Gasteiger partial charge in [0, 0.05) is 41.7 Å². The van der Waals surface area contributed by atoms with Crippen LogP contribution in [0.1, 0.15) is 63.1 Å². The van der Waals surface area contributed by atoms with Crippen molar-refractivity contribution in [2.45, 2.75) is 71.3 Å². The van der Waals surface area contributed by atoms with Gasteiger partial charge in [0.1, 0.15) is 22.2 Å². The fourth-order valence-corrected chi connectivity index (χ4v) is 7.70. The fraction of sp³-hybridized carbons (Fsp3) is 0.469. The Morgan fingerprint density at radius 2 is 1.91 bits per heavy atom. The van der Waals surface area contributed by atoms with Crippen LogP contribution in [-0.4, -0.2) is 63.8 Å². The average Bonchev–Trinajstić information content (AvgIpc) is 3.77. The summed E-state index contributed by atoms with van der Waals surface area (Å²) in [5, 5.41) is 13.5. The lowest BCUT2D eigenvalue weighted by atomic mass is 9.94. The molecule has 6 heterocycles. The molecule has 13 heteroatoms. The molecule has 0 aliphatic carbocycles. The summed E-state index contributed by atoms with van der Waals surface area (Å²) in [6.45, 7) is 9.23. The van der Waals surface area contributed by atoms with Gasteiger partial charge in [0.15, 0.2) is 11.6 Å². The molecule has 1 atom stereocenters. The fourth-order valence-electron chi connectivity index (χ4n) is 6.66. The second-order valence-corrected chi connectivity index (χ2v) is 13.8. The Labute approximate surface area is 263 Å². The van der Waals surface area contributed by atoms with Gasteiger partial charge < -0.3 is 14.4 Å². The number of nitriles is 1. The Morgan fingerprint density at radius 3 is 2.67 bits per heavy atom. The zero-order chi connectivity index (χ0) is 31.5. The van der Waals surface area contributed by atoms with Crippen LogP contribution in [-0.2, 0) is 22.7 Å². The molecule has 3 aliphatic rings. The largest absolute Gasteiger partial charge is 0.444 e. The highest BCUT2D eigenvalue weighted by Crippen LogP contribution is 2.46. The maximum atomic E-state index is 16.8. The second-order valence-electron chi connectivity index (χ2n) is 12.8. The predicted octanol–water partition coefficient (Wildman–Crippen LogP) is 6.50. The topological polar surface area (TPSA) is 116 Å². The van der Waals surface area contributed by atoms with Crippen molar-refractivity contribution in [2.24, 2.45) is 0 Å². The second kappa shape index (κ2) is 11.4. The monoisotopic (exact) mass is 633 g/mol. The van der Waals surface area contributed by atoms with E-state index in [9.17, 15) is 10.1 Å². The van der Waals surface area contributed by atoms with Crippen molar-refractivity contribution in [2.75, 3.05) is 36.4 Å². The number of pyridine rings is 1. The SMILES string of the molecule is CC(C)(C)OC(=O)Nc1sc2c(F)cnc(-c3c4c(c5cnc(N6CC[C@H](N7CCCCC7)C6)nc5c3F)COC4)c2c1C#N. The molecule has 45 heavy (non-hydrogen) atoms. The maximum absolute atomic E-state index is 16.8. The summed E-state index contributed by atoms with van der Waals surface area (Å²) in [7, 11) is 0. The number of nitrogens with zero attached hydrogens (tertiary/aromatic N) is 6. The van der Waals surface area contributed by atoms with Gasteiger partial charge in [-0.05, 0) is 64.3 Å². The number of hydrogen-bond donors (Lipinski definition) is 1. The van der Waals surface area contributed by atoms with Crippen molar-refractivity contribution in [3.63, 3.8) is 0 Å². The summed E-state index contributed by atoms with van der Waals surface area (Å²) in [6, 6.07) is 2.49. The zero-order valence-electron chi connectivity index (χ0n) is 25.4. The van der Waals surface area contributed by atoms with Gasteiger partial charge in [0.05, 0.1) is 35.4 Å². The summed E-state index contributed by atoms with van der Waals surface area (Å²) in [4.78, 5) is 30.9. The first kappa shape index (κ1) is 29.7. The smallest absolute Gasteiger partial charge is 0.412 e. The molecule has 3 aliphatic heterocycles. The molecule has 0 unspecified atom stereocenters. The van der Waals surface area contributed by atoms with Crippen LogP contribution in [0.4, 0.5) is 24.5 Å². The van der Waals surface area contributed by atoms with E-state index in [1.165, 1.54) is 19.3 Å². The highest BCUT2D eigenvalue weighted by Gasteiger charge is 2.33. The number of likely N-dealkylation sites (tertiary alicyclic amines) is 1. The molecule has 1 N–H and O–H groups in total. The Balaban J connectivity index is 1.33. The molecule has 1 aromatic carbocycles. The third-order valence-corrected chi connectivity index (χ3v) is 9.79. The van der Waals surface area contributed by atoms with Crippen LogP contribution in [0.5, 0.6) is 0 Å². The van der Waals surface area contributed by atoms with Crippen LogP contribution in [0, 0.1) is 23.0 Å². The van der Waals surface area contributed by atoms with E-state index in [0.717, 1.165) is 55.7 Å². The number of hydrogen-bond acceptors (Lipinski definition) is 10. The number of nitrogens with one attached hydrogen (secondary N) is 1. The molecule has 4 aromatic rings. The maximum Gasteiger partial charge on any atom is 0.412 e. The number of thiophene rings is 1. The first-order chi connectivity index (χ1) is 21.6. The van der Waals surface area contributed by atoms with E-state index in [0.29, 0.717) is 22.9 Å². The van der Waals surface area contributed by atoms with Crippen LogP contribution in [0.25, 0.3) is 32.2 Å². The summed E-state index contributed by atoms with van der Waals surface area (Å²) < 4.78 is 43.2. The molecule has 2 fully saturated rings. The Kier molecular flexibility index (Phi) is 7.54. The summed E-state index contributed by atoms with van der Waals surface area (Å²) in [6.07, 6.45) is 6.58. The first-order valence-electron chi connectivity index (χ1n) is 15.2. The van der Waals surface area contributed by atoms with Crippen LogP contribution >= 0.6 is 11.3 Å². The van der Waals surface area contributed by atoms with E-state index < -0.39 is 23.3 Å². The van der Waals surface area contributed by atoms with Crippen molar-refractivity contribution in [3.05, 3.63) is 40.7 Å². The van der Waals surface area contributed by atoms with Gasteiger partial charge in [0.25, 0.3) is 0 Å². The molecule has 2 saturated heterocycles. The number of piperidine rings is 1. The lowest BCUT2D eigenvalue weighted by molar-refractivity contribution is 0.0636. The van der Waals surface area contributed by atoms with Crippen molar-refractivity contribution < 1.29 is 23.0 Å². The standard InChI is InChI=1S/C32H33F2N7O3S/c1-32(2,3)44-31(42)39-29-18(11-35)24-27(36-13-22(33)28(24)45-29)23-21-16-43-15-20(21)19-12-37-30(38-26(19)25(23)34)41-10-7-17(14-41)40-8-5-4-6-9-40/h12-13,17H,4-10,14-16H2,1-3H3,(H,39,42)/t17-/m0/s1. The number of ether oxygens (including phenoxy) is 2. The van der Waals surface area contributed by atoms with E-state index >= 15 is 8.78 Å². The molecule has 0 saturated carbocycles. The van der Waals surface area contributed by atoms with Gasteiger partial charge in [0.2, 0.25) is 5.95 Å². The molecule has 3 aromatic heterocycles. The van der Waals surface area contributed by atoms with Gasteiger partial charge in [-0.2, -0.15) is 5.26 Å². The highest BCUT2D eigenvalue weighted by atomic mass is 32.1. The lowest BCUT2D eigenvalue weighted by Gasteiger charge is -2.32. The average molecular weight is 634 g/mol. The number of amides is 1. The number of halogens is 2. The highest BCUT2D eigenvalue weighted by molar-refractivity contribution is 7.23. The third kappa shape index (κ3) is 5.34.